The van der Waals surface area contributed by atoms with E-state index in [1.807, 2.05) is 19.1 Å². The molecule has 0 bridgehead atoms. The van der Waals surface area contributed by atoms with Crippen molar-refractivity contribution in [2.45, 2.75) is 19.8 Å². The highest BCUT2D eigenvalue weighted by Crippen LogP contribution is 2.17. The van der Waals surface area contributed by atoms with E-state index in [1.54, 1.807) is 36.4 Å². The molecule has 0 saturated heterocycles. The zero-order valence-corrected chi connectivity index (χ0v) is 13.7. The first-order chi connectivity index (χ1) is 11.5. The second-order valence-electron chi connectivity index (χ2n) is 5.32. The van der Waals surface area contributed by atoms with Gasteiger partial charge in [-0.05, 0) is 24.6 Å². The number of benzene rings is 2. The number of rotatable bonds is 6. The Morgan fingerprint density at radius 2 is 1.54 bits per heavy atom. The first-order valence-electron chi connectivity index (χ1n) is 7.59. The number of para-hydroxylation sites is 1. The van der Waals surface area contributed by atoms with Crippen LogP contribution in [0.5, 0.6) is 0 Å². The van der Waals surface area contributed by atoms with Crippen LogP contribution in [0.25, 0.3) is 0 Å². The fourth-order valence-electron chi connectivity index (χ4n) is 2.34. The van der Waals surface area contributed by atoms with E-state index in [0.717, 1.165) is 5.56 Å². The molecule has 0 aliphatic heterocycles. The Hall–Kier alpha value is -2.95. The third-order valence-corrected chi connectivity index (χ3v) is 3.63. The van der Waals surface area contributed by atoms with E-state index >= 15 is 0 Å². The van der Waals surface area contributed by atoms with Gasteiger partial charge in [-0.2, -0.15) is 0 Å². The van der Waals surface area contributed by atoms with Crippen LogP contribution in [0.2, 0.25) is 0 Å². The van der Waals surface area contributed by atoms with Gasteiger partial charge >= 0.3 is 5.97 Å². The van der Waals surface area contributed by atoms with Gasteiger partial charge in [0.2, 0.25) is 5.91 Å². The van der Waals surface area contributed by atoms with Crippen LogP contribution in [0.4, 0.5) is 5.69 Å². The second kappa shape index (κ2) is 8.06. The summed E-state index contributed by atoms with van der Waals surface area (Å²) in [5.41, 5.74) is 2.16. The molecule has 24 heavy (non-hydrogen) atoms. The van der Waals surface area contributed by atoms with Crippen LogP contribution in [-0.2, 0) is 9.53 Å². The lowest BCUT2D eigenvalue weighted by molar-refractivity contribution is -0.116. The number of nitrogens with one attached hydrogen (secondary N) is 1. The van der Waals surface area contributed by atoms with Crippen molar-refractivity contribution in [3.8, 4) is 0 Å². The number of methoxy groups -OCH3 is 1. The molecule has 0 radical (unpaired) electrons. The molecule has 0 atom stereocenters. The lowest BCUT2D eigenvalue weighted by Crippen LogP contribution is -2.16. The topological polar surface area (TPSA) is 72.5 Å². The smallest absolute Gasteiger partial charge is 0.339 e. The number of carbonyl (C=O) groups excluding carboxylic acids is 3. The van der Waals surface area contributed by atoms with Crippen LogP contribution in [0.15, 0.2) is 48.5 Å². The van der Waals surface area contributed by atoms with Crippen molar-refractivity contribution in [3.63, 3.8) is 0 Å². The van der Waals surface area contributed by atoms with Crippen LogP contribution in [-0.4, -0.2) is 24.8 Å². The predicted octanol–water partition coefficient (Wildman–Crippen LogP) is 3.38. The fraction of sp³-hybridized carbons (Fsp3) is 0.211. The van der Waals surface area contributed by atoms with Gasteiger partial charge in [0, 0.05) is 18.4 Å². The van der Waals surface area contributed by atoms with Crippen molar-refractivity contribution in [2.75, 3.05) is 12.4 Å². The first kappa shape index (κ1) is 17.4. The Morgan fingerprint density at radius 1 is 0.917 bits per heavy atom. The van der Waals surface area contributed by atoms with Crippen LogP contribution < -0.4 is 5.32 Å². The van der Waals surface area contributed by atoms with Crippen LogP contribution in [0.1, 0.15) is 39.1 Å². The van der Waals surface area contributed by atoms with Crippen molar-refractivity contribution >= 4 is 23.3 Å². The van der Waals surface area contributed by atoms with Gasteiger partial charge in [0.15, 0.2) is 5.78 Å². The highest BCUT2D eigenvalue weighted by molar-refractivity contribution is 6.03. The van der Waals surface area contributed by atoms with Gasteiger partial charge in [-0.3, -0.25) is 9.59 Å². The molecule has 124 valence electrons. The molecule has 2 rings (SSSR count). The molecule has 0 fully saturated rings. The highest BCUT2D eigenvalue weighted by atomic mass is 16.5. The summed E-state index contributed by atoms with van der Waals surface area (Å²) in [5.74, 6) is -0.931. The zero-order chi connectivity index (χ0) is 17.5. The molecule has 0 aromatic heterocycles. The maximum Gasteiger partial charge on any atom is 0.339 e. The average molecular weight is 325 g/mol. The SMILES string of the molecule is COC(=O)c1ccccc1NC(=O)CCC(=O)c1ccccc1C. The van der Waals surface area contributed by atoms with Crippen molar-refractivity contribution in [1.29, 1.82) is 0 Å². The van der Waals surface area contributed by atoms with Gasteiger partial charge in [-0.15, -0.1) is 0 Å². The van der Waals surface area contributed by atoms with E-state index < -0.39 is 5.97 Å². The summed E-state index contributed by atoms with van der Waals surface area (Å²) in [6.07, 6.45) is 0.153. The van der Waals surface area contributed by atoms with Gasteiger partial charge in [-0.25, -0.2) is 4.79 Å². The average Bonchev–Trinajstić information content (AvgIpc) is 2.60. The minimum atomic E-state index is -0.526. The number of amides is 1. The van der Waals surface area contributed by atoms with E-state index in [1.165, 1.54) is 7.11 Å². The number of ether oxygens (including phenoxy) is 1. The Balaban J connectivity index is 1.99. The van der Waals surface area contributed by atoms with Crippen molar-refractivity contribution in [3.05, 3.63) is 65.2 Å². The third kappa shape index (κ3) is 4.29. The molecular weight excluding hydrogens is 306 g/mol. The number of ketones is 1. The van der Waals surface area contributed by atoms with Crippen LogP contribution in [0, 0.1) is 6.92 Å². The number of Topliss-reactive ketones (excluding diaryl/α,β-unsaturated/α-hetero) is 1. The summed E-state index contributed by atoms with van der Waals surface area (Å²) in [6.45, 7) is 1.86. The number of hydrogen-bond donors (Lipinski definition) is 1. The molecule has 0 saturated carbocycles. The Kier molecular flexibility index (Phi) is 5.84. The second-order valence-corrected chi connectivity index (χ2v) is 5.32. The van der Waals surface area contributed by atoms with Gasteiger partial charge in [0.25, 0.3) is 0 Å². The Bertz CT molecular complexity index is 767. The number of carbonyl (C=O) groups is 3. The van der Waals surface area contributed by atoms with Gasteiger partial charge in [0.05, 0.1) is 18.4 Å². The maximum absolute atomic E-state index is 12.2. The van der Waals surface area contributed by atoms with Gasteiger partial charge in [-0.1, -0.05) is 36.4 Å². The number of anilines is 1. The van der Waals surface area contributed by atoms with E-state index in [2.05, 4.69) is 10.1 Å². The van der Waals surface area contributed by atoms with E-state index in [4.69, 9.17) is 0 Å². The number of hydrogen-bond acceptors (Lipinski definition) is 4. The molecule has 2 aromatic carbocycles. The molecule has 0 aliphatic rings. The van der Waals surface area contributed by atoms with E-state index in [9.17, 15) is 14.4 Å². The fourth-order valence-corrected chi connectivity index (χ4v) is 2.34. The standard InChI is InChI=1S/C19H19NO4/c1-13-7-3-4-8-14(13)17(21)11-12-18(22)20-16-10-6-5-9-15(16)19(23)24-2/h3-10H,11-12H2,1-2H3,(H,20,22). The normalized spacial score (nSPS) is 10.1. The molecule has 5 nitrogen and oxygen atoms in total. The lowest BCUT2D eigenvalue weighted by atomic mass is 10.0. The summed E-state index contributed by atoms with van der Waals surface area (Å²) in [7, 11) is 1.28. The van der Waals surface area contributed by atoms with Crippen molar-refractivity contribution in [2.24, 2.45) is 0 Å². The molecule has 0 heterocycles. The minimum Gasteiger partial charge on any atom is -0.465 e. The summed E-state index contributed by atoms with van der Waals surface area (Å²) in [4.78, 5) is 35.9. The molecule has 5 heteroatoms. The lowest BCUT2D eigenvalue weighted by Gasteiger charge is -2.09. The predicted molar refractivity (Wildman–Crippen MR) is 91.2 cm³/mol. The summed E-state index contributed by atoms with van der Waals surface area (Å²) >= 11 is 0. The molecule has 1 N–H and O–H groups in total. The molecule has 0 aliphatic carbocycles. The largest absolute Gasteiger partial charge is 0.465 e. The van der Waals surface area contributed by atoms with E-state index in [-0.39, 0.29) is 30.1 Å². The van der Waals surface area contributed by atoms with Gasteiger partial charge in [0.1, 0.15) is 0 Å². The summed E-state index contributed by atoms with van der Waals surface area (Å²) in [6, 6.07) is 13.9. The Labute approximate surface area is 140 Å². The van der Waals surface area contributed by atoms with E-state index in [0.29, 0.717) is 11.3 Å². The van der Waals surface area contributed by atoms with Crippen LogP contribution >= 0.6 is 0 Å². The minimum absolute atomic E-state index is 0.0443. The van der Waals surface area contributed by atoms with Crippen LogP contribution in [0.3, 0.4) is 0 Å². The monoisotopic (exact) mass is 325 g/mol. The molecule has 0 unspecified atom stereocenters. The number of esters is 1. The number of aryl methyl sites for hydroxylation is 1. The molecule has 0 spiro atoms. The van der Waals surface area contributed by atoms with Gasteiger partial charge < -0.3 is 10.1 Å². The zero-order valence-electron chi connectivity index (χ0n) is 13.7. The molecular formula is C19H19NO4. The molecule has 2 aromatic rings. The highest BCUT2D eigenvalue weighted by Gasteiger charge is 2.15. The third-order valence-electron chi connectivity index (χ3n) is 3.63. The first-order valence-corrected chi connectivity index (χ1v) is 7.59. The molecule has 1 amide bonds. The summed E-state index contributed by atoms with van der Waals surface area (Å²) < 4.78 is 4.68. The maximum atomic E-state index is 12.2. The summed E-state index contributed by atoms with van der Waals surface area (Å²) in [5, 5.41) is 2.66. The quantitative estimate of drug-likeness (QED) is 0.653. The van der Waals surface area contributed by atoms with Crippen molar-refractivity contribution in [1.82, 2.24) is 0 Å². The Morgan fingerprint density at radius 3 is 2.21 bits per heavy atom. The van der Waals surface area contributed by atoms with Crippen molar-refractivity contribution < 1.29 is 19.1 Å².